The highest BCUT2D eigenvalue weighted by Gasteiger charge is 2.36. The van der Waals surface area contributed by atoms with Gasteiger partial charge < -0.3 is 15.5 Å². The number of hydrogen-bond donors (Lipinski definition) is 2. The summed E-state index contributed by atoms with van der Waals surface area (Å²) in [4.78, 5) is 26.7. The van der Waals surface area contributed by atoms with E-state index in [1.807, 2.05) is 47.4 Å². The SMILES string of the molecule is CC(C)(C)c1ccc(NC(=O)Nc2ccc3c(c2)N(C(=O)C2CC2)CC3)cc1. The van der Waals surface area contributed by atoms with Crippen LogP contribution in [0, 0.1) is 5.92 Å². The second-order valence-corrected chi connectivity index (χ2v) is 8.76. The average molecular weight is 377 g/mol. The highest BCUT2D eigenvalue weighted by atomic mass is 16.2. The van der Waals surface area contributed by atoms with Gasteiger partial charge in [0.2, 0.25) is 5.91 Å². The number of amides is 3. The van der Waals surface area contributed by atoms with Crippen LogP contribution in [0.1, 0.15) is 44.7 Å². The van der Waals surface area contributed by atoms with Crippen LogP contribution in [-0.4, -0.2) is 18.5 Å². The molecular formula is C23H27N3O2. The summed E-state index contributed by atoms with van der Waals surface area (Å²) in [7, 11) is 0. The number of nitrogens with zero attached hydrogens (tertiary/aromatic N) is 1. The molecule has 0 bridgehead atoms. The predicted molar refractivity (Wildman–Crippen MR) is 113 cm³/mol. The summed E-state index contributed by atoms with van der Waals surface area (Å²) in [5, 5.41) is 5.75. The van der Waals surface area contributed by atoms with Gasteiger partial charge in [-0.15, -0.1) is 0 Å². The Morgan fingerprint density at radius 3 is 2.25 bits per heavy atom. The lowest BCUT2D eigenvalue weighted by Crippen LogP contribution is -2.30. The minimum atomic E-state index is -0.290. The molecule has 1 heterocycles. The molecule has 4 rings (SSSR count). The number of nitrogens with one attached hydrogen (secondary N) is 2. The fraction of sp³-hybridized carbons (Fsp3) is 0.391. The Labute approximate surface area is 166 Å². The molecule has 28 heavy (non-hydrogen) atoms. The summed E-state index contributed by atoms with van der Waals surface area (Å²) in [6.45, 7) is 7.22. The van der Waals surface area contributed by atoms with Crippen LogP contribution >= 0.6 is 0 Å². The molecule has 1 fully saturated rings. The Bertz CT molecular complexity index is 908. The summed E-state index contributed by atoms with van der Waals surface area (Å²) in [5.41, 5.74) is 4.84. The maximum Gasteiger partial charge on any atom is 0.323 e. The van der Waals surface area contributed by atoms with Crippen LogP contribution < -0.4 is 15.5 Å². The van der Waals surface area contributed by atoms with E-state index in [1.54, 1.807) is 0 Å². The zero-order valence-corrected chi connectivity index (χ0v) is 16.7. The van der Waals surface area contributed by atoms with Crippen molar-refractivity contribution in [1.82, 2.24) is 0 Å². The van der Waals surface area contributed by atoms with Gasteiger partial charge in [-0.05, 0) is 60.1 Å². The van der Waals surface area contributed by atoms with Crippen LogP contribution in [-0.2, 0) is 16.6 Å². The first-order chi connectivity index (χ1) is 13.3. The van der Waals surface area contributed by atoms with Crippen molar-refractivity contribution in [3.8, 4) is 0 Å². The van der Waals surface area contributed by atoms with Crippen LogP contribution in [0.25, 0.3) is 0 Å². The van der Waals surface area contributed by atoms with Gasteiger partial charge in [-0.1, -0.05) is 39.0 Å². The summed E-state index contributed by atoms with van der Waals surface area (Å²) in [6.07, 6.45) is 2.87. The molecule has 0 spiro atoms. The van der Waals surface area contributed by atoms with E-state index in [-0.39, 0.29) is 23.3 Å². The second-order valence-electron chi connectivity index (χ2n) is 8.76. The lowest BCUT2D eigenvalue weighted by Gasteiger charge is -2.19. The van der Waals surface area contributed by atoms with Gasteiger partial charge in [0.1, 0.15) is 0 Å². The van der Waals surface area contributed by atoms with Crippen molar-refractivity contribution in [3.63, 3.8) is 0 Å². The van der Waals surface area contributed by atoms with Gasteiger partial charge in [0, 0.05) is 29.5 Å². The molecule has 5 heteroatoms. The number of benzene rings is 2. The molecule has 1 saturated carbocycles. The summed E-state index contributed by atoms with van der Waals surface area (Å²) < 4.78 is 0. The predicted octanol–water partition coefficient (Wildman–Crippen LogP) is 4.93. The lowest BCUT2D eigenvalue weighted by molar-refractivity contribution is -0.119. The first-order valence-electron chi connectivity index (χ1n) is 9.94. The van der Waals surface area contributed by atoms with Crippen molar-refractivity contribution in [2.75, 3.05) is 22.1 Å². The van der Waals surface area contributed by atoms with Crippen molar-refractivity contribution < 1.29 is 9.59 Å². The quantitative estimate of drug-likeness (QED) is 0.797. The van der Waals surface area contributed by atoms with Crippen molar-refractivity contribution in [2.45, 2.75) is 45.4 Å². The molecule has 0 saturated heterocycles. The fourth-order valence-corrected chi connectivity index (χ4v) is 3.58. The van der Waals surface area contributed by atoms with Crippen molar-refractivity contribution in [3.05, 3.63) is 53.6 Å². The Balaban J connectivity index is 1.42. The average Bonchev–Trinajstić information content (AvgIpc) is 3.41. The standard InChI is InChI=1S/C23H27N3O2/c1-23(2,3)17-7-10-18(11-8-17)24-22(28)25-19-9-6-15-12-13-26(20(15)14-19)21(27)16-4-5-16/h6-11,14,16H,4-5,12-13H2,1-3H3,(H2,24,25,28). The maximum atomic E-state index is 12.5. The molecule has 3 amide bonds. The van der Waals surface area contributed by atoms with Crippen molar-refractivity contribution in [1.29, 1.82) is 0 Å². The highest BCUT2D eigenvalue weighted by molar-refractivity contribution is 6.02. The Kier molecular flexibility index (Phi) is 4.61. The number of fused-ring (bicyclic) bond motifs is 1. The number of anilines is 3. The van der Waals surface area contributed by atoms with Gasteiger partial charge in [0.15, 0.2) is 0 Å². The number of rotatable bonds is 3. The number of carbonyl (C=O) groups is 2. The normalized spacial score (nSPS) is 15.9. The number of urea groups is 1. The Hall–Kier alpha value is -2.82. The first-order valence-corrected chi connectivity index (χ1v) is 9.94. The minimum Gasteiger partial charge on any atom is -0.312 e. The molecule has 0 atom stereocenters. The molecule has 2 aliphatic rings. The molecule has 2 N–H and O–H groups in total. The molecule has 0 radical (unpaired) electrons. The van der Waals surface area contributed by atoms with Crippen LogP contribution in [0.5, 0.6) is 0 Å². The topological polar surface area (TPSA) is 61.4 Å². The summed E-state index contributed by atoms with van der Waals surface area (Å²) in [5.74, 6) is 0.418. The minimum absolute atomic E-state index is 0.0784. The maximum absolute atomic E-state index is 12.5. The first kappa shape index (κ1) is 18.5. The summed E-state index contributed by atoms with van der Waals surface area (Å²) >= 11 is 0. The van der Waals surface area contributed by atoms with Gasteiger partial charge in [-0.25, -0.2) is 4.79 Å². The highest BCUT2D eigenvalue weighted by Crippen LogP contribution is 2.37. The molecule has 2 aromatic carbocycles. The molecule has 1 aliphatic heterocycles. The molecule has 0 aromatic heterocycles. The summed E-state index contributed by atoms with van der Waals surface area (Å²) in [6, 6.07) is 13.4. The molecule has 2 aromatic rings. The molecule has 146 valence electrons. The number of carbonyl (C=O) groups excluding carboxylic acids is 2. The van der Waals surface area contributed by atoms with Gasteiger partial charge in [-0.3, -0.25) is 4.79 Å². The van der Waals surface area contributed by atoms with E-state index in [2.05, 4.69) is 31.4 Å². The third kappa shape index (κ3) is 3.88. The van der Waals surface area contributed by atoms with E-state index in [9.17, 15) is 9.59 Å². The third-order valence-electron chi connectivity index (χ3n) is 5.44. The zero-order chi connectivity index (χ0) is 19.9. The smallest absolute Gasteiger partial charge is 0.312 e. The van der Waals surface area contributed by atoms with Crippen molar-refractivity contribution >= 4 is 29.0 Å². The monoisotopic (exact) mass is 377 g/mol. The zero-order valence-electron chi connectivity index (χ0n) is 16.7. The Morgan fingerprint density at radius 2 is 1.61 bits per heavy atom. The largest absolute Gasteiger partial charge is 0.323 e. The van der Waals surface area contributed by atoms with Crippen molar-refractivity contribution in [2.24, 2.45) is 5.92 Å². The van der Waals surface area contributed by atoms with E-state index in [0.717, 1.165) is 42.7 Å². The van der Waals surface area contributed by atoms with E-state index in [1.165, 1.54) is 5.56 Å². The van der Waals surface area contributed by atoms with Crippen LogP contribution in [0.4, 0.5) is 21.9 Å². The second kappa shape index (κ2) is 6.97. The van der Waals surface area contributed by atoms with E-state index < -0.39 is 0 Å². The molecule has 5 nitrogen and oxygen atoms in total. The van der Waals surface area contributed by atoms with Gasteiger partial charge in [0.05, 0.1) is 0 Å². The van der Waals surface area contributed by atoms with Crippen LogP contribution in [0.15, 0.2) is 42.5 Å². The van der Waals surface area contributed by atoms with Gasteiger partial charge in [0.25, 0.3) is 0 Å². The van der Waals surface area contributed by atoms with Crippen LogP contribution in [0.2, 0.25) is 0 Å². The third-order valence-corrected chi connectivity index (χ3v) is 5.44. The lowest BCUT2D eigenvalue weighted by atomic mass is 9.87. The number of hydrogen-bond acceptors (Lipinski definition) is 2. The van der Waals surface area contributed by atoms with Gasteiger partial charge >= 0.3 is 6.03 Å². The molecular weight excluding hydrogens is 350 g/mol. The Morgan fingerprint density at radius 1 is 0.964 bits per heavy atom. The fourth-order valence-electron chi connectivity index (χ4n) is 3.58. The van der Waals surface area contributed by atoms with Gasteiger partial charge in [-0.2, -0.15) is 0 Å². The van der Waals surface area contributed by atoms with E-state index >= 15 is 0 Å². The molecule has 0 unspecified atom stereocenters. The molecule has 1 aliphatic carbocycles. The van der Waals surface area contributed by atoms with Crippen LogP contribution in [0.3, 0.4) is 0 Å². The van der Waals surface area contributed by atoms with E-state index in [0.29, 0.717) is 5.69 Å². The van der Waals surface area contributed by atoms with E-state index in [4.69, 9.17) is 0 Å².